The minimum Gasteiger partial charge on any atom is -0.506 e. The van der Waals surface area contributed by atoms with Gasteiger partial charge in [-0.15, -0.1) is 0 Å². The highest BCUT2D eigenvalue weighted by molar-refractivity contribution is 7.86. The van der Waals surface area contributed by atoms with E-state index in [0.717, 1.165) is 30.3 Å². The normalized spacial score (nSPS) is 11.0. The van der Waals surface area contributed by atoms with Crippen molar-refractivity contribution in [1.82, 2.24) is 0 Å². The predicted molar refractivity (Wildman–Crippen MR) is 81.0 cm³/mol. The Kier molecular flexibility index (Phi) is 4.35. The largest absolute Gasteiger partial charge is 0.506 e. The molecule has 0 amide bonds. The van der Waals surface area contributed by atoms with Gasteiger partial charge in [-0.05, 0) is 24.3 Å². The Hall–Kier alpha value is -3.25. The van der Waals surface area contributed by atoms with Crippen LogP contribution in [-0.2, 0) is 10.1 Å². The van der Waals surface area contributed by atoms with Crippen LogP contribution < -0.4 is 5.32 Å². The summed E-state index contributed by atoms with van der Waals surface area (Å²) in [6.45, 7) is 0. The lowest BCUT2D eigenvalue weighted by Crippen LogP contribution is -2.02. The van der Waals surface area contributed by atoms with Gasteiger partial charge in [-0.2, -0.15) is 8.42 Å². The van der Waals surface area contributed by atoms with Gasteiger partial charge in [-0.25, -0.2) is 0 Å². The molecule has 0 saturated heterocycles. The third kappa shape index (κ3) is 3.56. The molecule has 0 atom stereocenters. The molecule has 0 bridgehead atoms. The van der Waals surface area contributed by atoms with Crippen molar-refractivity contribution < 1.29 is 27.9 Å². The summed E-state index contributed by atoms with van der Waals surface area (Å²) in [4.78, 5) is 19.3. The van der Waals surface area contributed by atoms with Crippen molar-refractivity contribution in [2.75, 3.05) is 5.32 Å². The summed E-state index contributed by atoms with van der Waals surface area (Å²) in [5.74, 6) is -0.707. The van der Waals surface area contributed by atoms with Crippen LogP contribution in [0.5, 0.6) is 5.75 Å². The third-order valence-electron chi connectivity index (χ3n) is 2.91. The van der Waals surface area contributed by atoms with Crippen LogP contribution in [0.4, 0.5) is 22.7 Å². The lowest BCUT2D eigenvalue weighted by atomic mass is 10.2. The molecule has 0 saturated carbocycles. The lowest BCUT2D eigenvalue weighted by Gasteiger charge is -2.09. The maximum atomic E-state index is 11.1. The number of hydrogen-bond donors (Lipinski definition) is 3. The average Bonchev–Trinajstić information content (AvgIpc) is 2.48. The van der Waals surface area contributed by atoms with Crippen LogP contribution in [0.1, 0.15) is 0 Å². The number of phenols is 1. The maximum absolute atomic E-state index is 11.1. The average molecular weight is 355 g/mol. The van der Waals surface area contributed by atoms with Crippen LogP contribution >= 0.6 is 0 Å². The lowest BCUT2D eigenvalue weighted by molar-refractivity contribution is -0.393. The summed E-state index contributed by atoms with van der Waals surface area (Å²) in [7, 11) is -4.71. The topological polar surface area (TPSA) is 173 Å². The molecule has 0 aliphatic heterocycles. The standard InChI is InChI=1S/C12H9N3O8S/c16-11-4-1-7(5-12(11)24(21,22)23)13-9-3-2-8(14(17)18)6-10(9)15(19)20/h1-6,13,16H,(H,21,22,23). The maximum Gasteiger partial charge on any atom is 0.299 e. The van der Waals surface area contributed by atoms with Gasteiger partial charge in [0.05, 0.1) is 15.9 Å². The van der Waals surface area contributed by atoms with Gasteiger partial charge in [0.2, 0.25) is 0 Å². The molecule has 2 aromatic carbocycles. The molecule has 3 N–H and O–H groups in total. The number of aromatic hydroxyl groups is 1. The highest BCUT2D eigenvalue weighted by Gasteiger charge is 2.21. The zero-order valence-electron chi connectivity index (χ0n) is 11.6. The number of benzene rings is 2. The number of hydrogen-bond acceptors (Lipinski definition) is 8. The number of rotatable bonds is 5. The van der Waals surface area contributed by atoms with Gasteiger partial charge in [-0.3, -0.25) is 24.8 Å². The minimum atomic E-state index is -4.71. The van der Waals surface area contributed by atoms with E-state index < -0.39 is 42.0 Å². The second-order valence-corrected chi connectivity index (χ2v) is 5.89. The monoisotopic (exact) mass is 355 g/mol. The van der Waals surface area contributed by atoms with Crippen LogP contribution in [0, 0.1) is 20.2 Å². The Morgan fingerprint density at radius 3 is 2.21 bits per heavy atom. The Bertz CT molecular complexity index is 941. The highest BCUT2D eigenvalue weighted by atomic mass is 32.2. The highest BCUT2D eigenvalue weighted by Crippen LogP contribution is 2.33. The van der Waals surface area contributed by atoms with Gasteiger partial charge in [0, 0.05) is 11.8 Å². The Labute approximate surface area is 134 Å². The minimum absolute atomic E-state index is 0.00243. The number of anilines is 2. The molecule has 126 valence electrons. The molecule has 0 spiro atoms. The quantitative estimate of drug-likeness (QED) is 0.314. The zero-order valence-corrected chi connectivity index (χ0v) is 12.4. The first-order valence-corrected chi connectivity index (χ1v) is 7.54. The summed E-state index contributed by atoms with van der Waals surface area (Å²) in [5.41, 5.74) is -1.24. The third-order valence-corrected chi connectivity index (χ3v) is 3.79. The van der Waals surface area contributed by atoms with Crippen LogP contribution in [0.15, 0.2) is 41.3 Å². The molecule has 0 fully saturated rings. The fourth-order valence-corrected chi connectivity index (χ4v) is 2.45. The van der Waals surface area contributed by atoms with Gasteiger partial charge >= 0.3 is 0 Å². The van der Waals surface area contributed by atoms with E-state index in [9.17, 15) is 33.8 Å². The van der Waals surface area contributed by atoms with Crippen molar-refractivity contribution in [2.45, 2.75) is 4.90 Å². The molecule has 12 heteroatoms. The molecule has 0 aliphatic carbocycles. The van der Waals surface area contributed by atoms with E-state index >= 15 is 0 Å². The second-order valence-electron chi connectivity index (χ2n) is 4.50. The molecule has 0 radical (unpaired) electrons. The number of nitrogens with one attached hydrogen (secondary N) is 1. The first-order valence-electron chi connectivity index (χ1n) is 6.10. The smallest absolute Gasteiger partial charge is 0.299 e. The summed E-state index contributed by atoms with van der Waals surface area (Å²) in [6.07, 6.45) is 0. The molecule has 0 heterocycles. The molecule has 0 aromatic heterocycles. The Balaban J connectivity index is 2.49. The van der Waals surface area contributed by atoms with Crippen molar-refractivity contribution in [3.63, 3.8) is 0 Å². The SMILES string of the molecule is O=[N+]([O-])c1ccc(Nc2ccc(O)c(S(=O)(=O)O)c2)c([N+](=O)[O-])c1. The molecule has 0 aliphatic rings. The van der Waals surface area contributed by atoms with E-state index in [2.05, 4.69) is 5.32 Å². The molecular formula is C12H9N3O8S. The van der Waals surface area contributed by atoms with Crippen molar-refractivity contribution in [3.8, 4) is 5.75 Å². The van der Waals surface area contributed by atoms with E-state index in [4.69, 9.17) is 4.55 Å². The van der Waals surface area contributed by atoms with Gasteiger partial charge in [0.15, 0.2) is 0 Å². The van der Waals surface area contributed by atoms with Gasteiger partial charge in [0.25, 0.3) is 21.5 Å². The molecule has 11 nitrogen and oxygen atoms in total. The second kappa shape index (κ2) is 6.10. The van der Waals surface area contributed by atoms with E-state index in [1.165, 1.54) is 6.07 Å². The van der Waals surface area contributed by atoms with Gasteiger partial charge in [-0.1, -0.05) is 0 Å². The number of phenolic OH excluding ortho intramolecular Hbond substituents is 1. The number of nitro groups is 2. The Morgan fingerprint density at radius 2 is 1.67 bits per heavy atom. The summed E-state index contributed by atoms with van der Waals surface area (Å²) < 4.78 is 31.3. The first-order chi connectivity index (χ1) is 11.1. The fraction of sp³-hybridized carbons (Fsp3) is 0. The van der Waals surface area contributed by atoms with Crippen molar-refractivity contribution in [1.29, 1.82) is 0 Å². The van der Waals surface area contributed by atoms with E-state index in [0.29, 0.717) is 0 Å². The van der Waals surface area contributed by atoms with E-state index in [-0.39, 0.29) is 11.4 Å². The zero-order chi connectivity index (χ0) is 18.1. The molecule has 2 aromatic rings. The van der Waals surface area contributed by atoms with Gasteiger partial charge < -0.3 is 10.4 Å². The van der Waals surface area contributed by atoms with Crippen molar-refractivity contribution >= 4 is 32.9 Å². The van der Waals surface area contributed by atoms with Crippen molar-refractivity contribution in [3.05, 3.63) is 56.6 Å². The first kappa shape index (κ1) is 17.1. The van der Waals surface area contributed by atoms with Crippen LogP contribution in [0.25, 0.3) is 0 Å². The van der Waals surface area contributed by atoms with Crippen LogP contribution in [-0.4, -0.2) is 27.9 Å². The molecule has 2 rings (SSSR count). The molecular weight excluding hydrogens is 346 g/mol. The predicted octanol–water partition coefficient (Wildman–Crippen LogP) is 2.20. The van der Waals surface area contributed by atoms with Crippen LogP contribution in [0.2, 0.25) is 0 Å². The van der Waals surface area contributed by atoms with Gasteiger partial charge in [0.1, 0.15) is 16.3 Å². The van der Waals surface area contributed by atoms with Crippen molar-refractivity contribution in [2.24, 2.45) is 0 Å². The number of non-ortho nitro benzene ring substituents is 1. The van der Waals surface area contributed by atoms with E-state index in [1.54, 1.807) is 0 Å². The fourth-order valence-electron chi connectivity index (χ4n) is 1.84. The molecule has 0 unspecified atom stereocenters. The summed E-state index contributed by atoms with van der Waals surface area (Å²) in [5, 5.41) is 33.6. The summed E-state index contributed by atoms with van der Waals surface area (Å²) >= 11 is 0. The number of nitrogens with zero attached hydrogens (tertiary/aromatic N) is 2. The summed E-state index contributed by atoms with van der Waals surface area (Å²) in [6, 6.07) is 5.87. The molecule has 24 heavy (non-hydrogen) atoms. The van der Waals surface area contributed by atoms with E-state index in [1.807, 2.05) is 0 Å². The Morgan fingerprint density at radius 1 is 1.00 bits per heavy atom. The number of nitro benzene ring substituents is 2. The van der Waals surface area contributed by atoms with Crippen LogP contribution in [0.3, 0.4) is 0 Å².